The number of allylic oxidation sites excluding steroid dienone is 1. The number of benzene rings is 1. The van der Waals surface area contributed by atoms with E-state index in [1.165, 1.54) is 62.7 Å². The number of carboxylic acids is 1. The van der Waals surface area contributed by atoms with Crippen molar-refractivity contribution < 1.29 is 24.5 Å². The van der Waals surface area contributed by atoms with E-state index in [1.54, 1.807) is 12.1 Å². The molecule has 6 nitrogen and oxygen atoms in total. The topological polar surface area (TPSA) is 95.9 Å². The second-order valence-electron chi connectivity index (χ2n) is 15.5. The highest BCUT2D eigenvalue weighted by molar-refractivity contribution is 5.80. The molecule has 3 fully saturated rings. The monoisotopic (exact) mass is 593 g/mol. The van der Waals surface area contributed by atoms with E-state index in [9.17, 15) is 19.8 Å². The van der Waals surface area contributed by atoms with Gasteiger partial charge in [-0.3, -0.25) is 0 Å². The van der Waals surface area contributed by atoms with Gasteiger partial charge in [-0.05, 0) is 109 Å². The fraction of sp³-hybridized carbons (Fsp3) is 0.730. The van der Waals surface area contributed by atoms with Crippen molar-refractivity contribution in [2.45, 2.75) is 124 Å². The summed E-state index contributed by atoms with van der Waals surface area (Å²) in [5.41, 5.74) is 2.82. The van der Waals surface area contributed by atoms with E-state index < -0.39 is 18.1 Å². The van der Waals surface area contributed by atoms with Crippen LogP contribution >= 0.6 is 0 Å². The summed E-state index contributed by atoms with van der Waals surface area (Å²) in [6.45, 7) is 12.3. The number of alkyl carbamates (subject to hydrolysis) is 1. The molecule has 238 valence electrons. The molecule has 0 heterocycles. The first-order valence-corrected chi connectivity index (χ1v) is 17.1. The van der Waals surface area contributed by atoms with Gasteiger partial charge in [0.1, 0.15) is 17.9 Å². The summed E-state index contributed by atoms with van der Waals surface area (Å²) in [6.07, 6.45) is 15.0. The number of rotatable bonds is 10. The minimum Gasteiger partial charge on any atom is -0.508 e. The van der Waals surface area contributed by atoms with E-state index in [-0.39, 0.29) is 23.7 Å². The second kappa shape index (κ2) is 12.9. The third-order valence-corrected chi connectivity index (χ3v) is 12.5. The molecule has 4 aliphatic carbocycles. The first kappa shape index (κ1) is 31.9. The van der Waals surface area contributed by atoms with Crippen LogP contribution in [0.25, 0.3) is 0 Å². The van der Waals surface area contributed by atoms with Gasteiger partial charge in [-0.2, -0.15) is 0 Å². The lowest BCUT2D eigenvalue weighted by molar-refractivity contribution is -0.139. The normalized spacial score (nSPS) is 34.7. The van der Waals surface area contributed by atoms with Gasteiger partial charge in [-0.25, -0.2) is 9.59 Å². The molecule has 1 amide bonds. The molecule has 4 aliphatic rings. The lowest BCUT2D eigenvalue weighted by Crippen LogP contribution is -2.51. The Hall–Kier alpha value is -2.50. The molecule has 0 radical (unpaired) electrons. The molecule has 0 spiro atoms. The van der Waals surface area contributed by atoms with Gasteiger partial charge in [-0.15, -0.1) is 0 Å². The van der Waals surface area contributed by atoms with Gasteiger partial charge >= 0.3 is 12.1 Å². The Labute approximate surface area is 259 Å². The van der Waals surface area contributed by atoms with E-state index in [4.69, 9.17) is 4.74 Å². The highest BCUT2D eigenvalue weighted by atomic mass is 16.6. The largest absolute Gasteiger partial charge is 0.508 e. The molecule has 0 aromatic heterocycles. The Morgan fingerprint density at radius 2 is 1.74 bits per heavy atom. The van der Waals surface area contributed by atoms with Crippen LogP contribution in [0.2, 0.25) is 0 Å². The van der Waals surface area contributed by atoms with Crippen LogP contribution < -0.4 is 5.32 Å². The van der Waals surface area contributed by atoms with E-state index in [0.29, 0.717) is 11.3 Å². The predicted molar refractivity (Wildman–Crippen MR) is 170 cm³/mol. The fourth-order valence-corrected chi connectivity index (χ4v) is 10.1. The summed E-state index contributed by atoms with van der Waals surface area (Å²) in [5.74, 6) is 3.77. The third kappa shape index (κ3) is 6.63. The lowest BCUT2D eigenvalue weighted by Gasteiger charge is -2.58. The minimum atomic E-state index is -1.11. The number of nitrogens with one attached hydrogen (secondary N) is 1. The number of amides is 1. The van der Waals surface area contributed by atoms with Crippen molar-refractivity contribution in [2.75, 3.05) is 0 Å². The SMILES string of the molecule is CC(C)CCC[C@@H](C)[C@H]1CC[C@H]2[C@@H]3CC=C4C[C@@H](OC(=O)N[C@H](Cc5ccc(O)cc5)C(=O)O)CC[C@]4(C)[C@H]3CC[C@]12C. The predicted octanol–water partition coefficient (Wildman–Crippen LogP) is 8.52. The molecule has 1 aromatic rings. The van der Waals surface area contributed by atoms with Gasteiger partial charge in [0.2, 0.25) is 0 Å². The summed E-state index contributed by atoms with van der Waals surface area (Å²) >= 11 is 0. The van der Waals surface area contributed by atoms with Gasteiger partial charge < -0.3 is 20.3 Å². The van der Waals surface area contributed by atoms with Crippen LogP contribution in [0.3, 0.4) is 0 Å². The van der Waals surface area contributed by atoms with Gasteiger partial charge in [0.25, 0.3) is 0 Å². The number of ether oxygens (including phenoxy) is 1. The Bertz CT molecular complexity index is 1180. The zero-order chi connectivity index (χ0) is 30.9. The van der Waals surface area contributed by atoms with Crippen LogP contribution in [0.4, 0.5) is 4.79 Å². The molecule has 0 saturated heterocycles. The van der Waals surface area contributed by atoms with Gasteiger partial charge in [0.05, 0.1) is 0 Å². The number of phenolic OH excluding ortho intramolecular Hbond substituents is 1. The fourth-order valence-electron chi connectivity index (χ4n) is 10.1. The molecular formula is C37H55NO5. The standard InChI is InChI=1S/C37H55NO5/c1-23(2)7-6-8-24(3)30-15-16-31-29-14-11-26-22-28(17-19-36(26,4)32(29)18-20-37(30,31)5)43-35(42)38-33(34(40)41)21-25-9-12-27(39)13-10-25/h9-13,23-24,28-33,39H,6-8,14-22H2,1-5H3,(H,38,42)(H,40,41)/t24-,28+,29+,30-,31+,32+,33-,36+,37-/m1/s1. The Balaban J connectivity index is 1.19. The van der Waals surface area contributed by atoms with Gasteiger partial charge in [0.15, 0.2) is 0 Å². The number of fused-ring (bicyclic) bond motifs is 5. The quantitative estimate of drug-likeness (QED) is 0.236. The molecular weight excluding hydrogens is 538 g/mol. The van der Waals surface area contributed by atoms with E-state index >= 15 is 0 Å². The molecule has 3 saturated carbocycles. The molecule has 43 heavy (non-hydrogen) atoms. The third-order valence-electron chi connectivity index (χ3n) is 12.5. The molecule has 5 rings (SSSR count). The molecule has 3 N–H and O–H groups in total. The smallest absolute Gasteiger partial charge is 0.408 e. The number of carbonyl (C=O) groups is 2. The number of hydrogen-bond donors (Lipinski definition) is 3. The van der Waals surface area contributed by atoms with Crippen LogP contribution in [0.5, 0.6) is 5.75 Å². The lowest BCUT2D eigenvalue weighted by atomic mass is 9.47. The molecule has 1 aromatic carbocycles. The van der Waals surface area contributed by atoms with E-state index in [0.717, 1.165) is 60.8 Å². The van der Waals surface area contributed by atoms with Crippen LogP contribution in [0.15, 0.2) is 35.9 Å². The maximum absolute atomic E-state index is 12.8. The van der Waals surface area contributed by atoms with E-state index in [1.807, 2.05) is 0 Å². The van der Waals surface area contributed by atoms with Crippen molar-refractivity contribution in [3.05, 3.63) is 41.5 Å². The zero-order valence-corrected chi connectivity index (χ0v) is 27.1. The highest BCUT2D eigenvalue weighted by Gasteiger charge is 2.59. The number of phenols is 1. The number of carbonyl (C=O) groups excluding carboxylic acids is 1. The Morgan fingerprint density at radius 1 is 1.00 bits per heavy atom. The first-order chi connectivity index (χ1) is 20.4. The summed E-state index contributed by atoms with van der Waals surface area (Å²) in [6, 6.07) is 5.27. The minimum absolute atomic E-state index is 0.118. The first-order valence-electron chi connectivity index (χ1n) is 17.1. The van der Waals surface area contributed by atoms with Crippen molar-refractivity contribution in [1.29, 1.82) is 0 Å². The number of hydrogen-bond acceptors (Lipinski definition) is 4. The maximum Gasteiger partial charge on any atom is 0.408 e. The second-order valence-corrected chi connectivity index (χ2v) is 15.5. The molecule has 0 aliphatic heterocycles. The van der Waals surface area contributed by atoms with Crippen LogP contribution in [0, 0.1) is 46.3 Å². The van der Waals surface area contributed by atoms with E-state index in [2.05, 4.69) is 46.0 Å². The van der Waals surface area contributed by atoms with Crippen molar-refractivity contribution in [3.8, 4) is 5.75 Å². The van der Waals surface area contributed by atoms with Crippen LogP contribution in [0.1, 0.15) is 111 Å². The Kier molecular flexibility index (Phi) is 9.54. The Morgan fingerprint density at radius 3 is 2.44 bits per heavy atom. The molecule has 0 bridgehead atoms. The van der Waals surface area contributed by atoms with Crippen molar-refractivity contribution in [2.24, 2.45) is 46.3 Å². The average molecular weight is 594 g/mol. The summed E-state index contributed by atoms with van der Waals surface area (Å²) in [5, 5.41) is 21.8. The highest BCUT2D eigenvalue weighted by Crippen LogP contribution is 2.67. The molecule has 0 unspecified atom stereocenters. The van der Waals surface area contributed by atoms with Crippen molar-refractivity contribution in [3.63, 3.8) is 0 Å². The number of aromatic hydroxyl groups is 1. The zero-order valence-electron chi connectivity index (χ0n) is 27.1. The van der Waals surface area contributed by atoms with Crippen molar-refractivity contribution >= 4 is 12.1 Å². The summed E-state index contributed by atoms with van der Waals surface area (Å²) in [4.78, 5) is 24.7. The van der Waals surface area contributed by atoms with Crippen LogP contribution in [-0.2, 0) is 16.0 Å². The van der Waals surface area contributed by atoms with Gasteiger partial charge in [-0.1, -0.05) is 77.7 Å². The van der Waals surface area contributed by atoms with Gasteiger partial charge in [0, 0.05) is 12.8 Å². The van der Waals surface area contributed by atoms with Crippen molar-refractivity contribution in [1.82, 2.24) is 5.32 Å². The number of carboxylic acid groups (broad SMARTS) is 1. The molecule has 9 atom stereocenters. The average Bonchev–Trinajstić information content (AvgIpc) is 3.31. The molecule has 6 heteroatoms. The number of aliphatic carboxylic acids is 1. The summed E-state index contributed by atoms with van der Waals surface area (Å²) < 4.78 is 5.84. The van der Waals surface area contributed by atoms with Crippen LogP contribution in [-0.4, -0.2) is 34.4 Å². The maximum atomic E-state index is 12.8. The summed E-state index contributed by atoms with van der Waals surface area (Å²) in [7, 11) is 0.